The quantitative estimate of drug-likeness (QED) is 0.591. The van der Waals surface area contributed by atoms with Gasteiger partial charge < -0.3 is 20.1 Å². The van der Waals surface area contributed by atoms with Crippen LogP contribution in [0.4, 0.5) is 5.69 Å². The highest BCUT2D eigenvalue weighted by molar-refractivity contribution is 5.98. The number of amides is 2. The van der Waals surface area contributed by atoms with Gasteiger partial charge in [0.25, 0.3) is 11.8 Å². The lowest BCUT2D eigenvalue weighted by atomic mass is 9.97. The van der Waals surface area contributed by atoms with E-state index in [4.69, 9.17) is 9.47 Å². The summed E-state index contributed by atoms with van der Waals surface area (Å²) in [6, 6.07) is 4.60. The summed E-state index contributed by atoms with van der Waals surface area (Å²) in [5, 5.41) is 5.46. The Morgan fingerprint density at radius 2 is 2.19 bits per heavy atom. The number of carbonyl (C=O) groups is 3. The number of fused-ring (bicyclic) bond motifs is 1. The molecule has 0 spiro atoms. The first-order chi connectivity index (χ1) is 13.0. The van der Waals surface area contributed by atoms with Gasteiger partial charge in [-0.1, -0.05) is 11.6 Å². The number of ether oxygens (including phenoxy) is 2. The zero-order valence-corrected chi connectivity index (χ0v) is 15.4. The first-order valence-corrected chi connectivity index (χ1v) is 9.26. The van der Waals surface area contributed by atoms with E-state index in [1.807, 2.05) is 0 Å². The fourth-order valence-electron chi connectivity index (χ4n) is 3.11. The van der Waals surface area contributed by atoms with Crippen LogP contribution in [0, 0.1) is 0 Å². The Hall–Kier alpha value is -2.83. The summed E-state index contributed by atoms with van der Waals surface area (Å²) in [4.78, 5) is 35.7. The van der Waals surface area contributed by atoms with Crippen LogP contribution in [0.25, 0.3) is 0 Å². The summed E-state index contributed by atoms with van der Waals surface area (Å²) in [6.45, 7) is 1.99. The molecule has 7 heteroatoms. The molecule has 1 atom stereocenters. The smallest absolute Gasteiger partial charge is 0.339 e. The number of anilines is 1. The third-order valence-electron chi connectivity index (χ3n) is 4.63. The molecule has 0 radical (unpaired) electrons. The van der Waals surface area contributed by atoms with E-state index in [9.17, 15) is 14.4 Å². The zero-order chi connectivity index (χ0) is 19.2. The zero-order valence-electron chi connectivity index (χ0n) is 15.4. The molecule has 0 bridgehead atoms. The molecule has 1 aliphatic carbocycles. The van der Waals surface area contributed by atoms with Crippen LogP contribution < -0.4 is 15.4 Å². The van der Waals surface area contributed by atoms with Crippen molar-refractivity contribution in [2.75, 3.05) is 18.5 Å². The number of esters is 1. The van der Waals surface area contributed by atoms with Gasteiger partial charge in [-0.25, -0.2) is 4.79 Å². The van der Waals surface area contributed by atoms with Crippen LogP contribution in [0.2, 0.25) is 0 Å². The largest absolute Gasteiger partial charge is 0.482 e. The maximum absolute atomic E-state index is 12.3. The van der Waals surface area contributed by atoms with Crippen molar-refractivity contribution >= 4 is 23.5 Å². The molecule has 1 heterocycles. The number of rotatable bonds is 6. The van der Waals surface area contributed by atoms with Gasteiger partial charge in [-0.05, 0) is 57.2 Å². The Morgan fingerprint density at radius 3 is 2.96 bits per heavy atom. The van der Waals surface area contributed by atoms with Crippen molar-refractivity contribution in [3.05, 3.63) is 35.4 Å². The maximum atomic E-state index is 12.3. The van der Waals surface area contributed by atoms with Crippen LogP contribution >= 0.6 is 0 Å². The van der Waals surface area contributed by atoms with Crippen LogP contribution in [0.15, 0.2) is 29.8 Å². The van der Waals surface area contributed by atoms with Gasteiger partial charge in [0.2, 0.25) is 0 Å². The van der Waals surface area contributed by atoms with Crippen molar-refractivity contribution in [2.24, 2.45) is 0 Å². The van der Waals surface area contributed by atoms with E-state index in [2.05, 4.69) is 16.7 Å². The predicted molar refractivity (Wildman–Crippen MR) is 99.6 cm³/mol. The van der Waals surface area contributed by atoms with E-state index in [-0.39, 0.29) is 24.0 Å². The van der Waals surface area contributed by atoms with E-state index >= 15 is 0 Å². The van der Waals surface area contributed by atoms with E-state index in [0.717, 1.165) is 19.3 Å². The fourth-order valence-corrected chi connectivity index (χ4v) is 3.11. The lowest BCUT2D eigenvalue weighted by molar-refractivity contribution is -0.129. The summed E-state index contributed by atoms with van der Waals surface area (Å²) >= 11 is 0. The number of hydrogen-bond donors (Lipinski definition) is 2. The predicted octanol–water partition coefficient (Wildman–Crippen LogP) is 2.57. The maximum Gasteiger partial charge on any atom is 0.339 e. The summed E-state index contributed by atoms with van der Waals surface area (Å²) in [5.74, 6) is -0.772. The molecule has 27 heavy (non-hydrogen) atoms. The van der Waals surface area contributed by atoms with Gasteiger partial charge in [0.1, 0.15) is 5.75 Å². The molecule has 1 aliphatic heterocycles. The number of benzene rings is 1. The molecule has 2 amide bonds. The van der Waals surface area contributed by atoms with E-state index in [0.29, 0.717) is 18.0 Å². The molecule has 1 aromatic rings. The second kappa shape index (κ2) is 8.70. The standard InChI is InChI=1S/C20H24N2O5/c1-13(19(24)21-10-9-14-5-3-2-4-6-14)27-20(25)15-7-8-16-17(11-15)26-12-18(23)22-16/h5,7-8,11,13H,2-4,6,9-10,12H2,1H3,(H,21,24)(H,22,23). The van der Waals surface area contributed by atoms with Gasteiger partial charge in [0.15, 0.2) is 12.7 Å². The molecule has 1 aromatic carbocycles. The monoisotopic (exact) mass is 372 g/mol. The normalized spacial score (nSPS) is 16.9. The Balaban J connectivity index is 1.48. The van der Waals surface area contributed by atoms with Crippen molar-refractivity contribution in [1.29, 1.82) is 0 Å². The van der Waals surface area contributed by atoms with Gasteiger partial charge in [0, 0.05) is 6.54 Å². The van der Waals surface area contributed by atoms with Crippen molar-refractivity contribution in [3.8, 4) is 5.75 Å². The molecule has 7 nitrogen and oxygen atoms in total. The molecule has 2 N–H and O–H groups in total. The van der Waals surface area contributed by atoms with Crippen LogP contribution in [-0.2, 0) is 14.3 Å². The first-order valence-electron chi connectivity index (χ1n) is 9.26. The third-order valence-corrected chi connectivity index (χ3v) is 4.63. The van der Waals surface area contributed by atoms with Gasteiger partial charge in [-0.2, -0.15) is 0 Å². The lowest BCUT2D eigenvalue weighted by Gasteiger charge is -2.19. The van der Waals surface area contributed by atoms with E-state index < -0.39 is 12.1 Å². The summed E-state index contributed by atoms with van der Waals surface area (Å²) < 4.78 is 10.5. The average molecular weight is 372 g/mol. The van der Waals surface area contributed by atoms with Crippen LogP contribution in [-0.4, -0.2) is 37.0 Å². The van der Waals surface area contributed by atoms with Crippen molar-refractivity contribution < 1.29 is 23.9 Å². The Bertz CT molecular complexity index is 772. The average Bonchev–Trinajstić information content (AvgIpc) is 2.68. The summed E-state index contributed by atoms with van der Waals surface area (Å²) in [5.41, 5.74) is 2.15. The highest BCUT2D eigenvalue weighted by Crippen LogP contribution is 2.28. The van der Waals surface area contributed by atoms with Crippen LogP contribution in [0.1, 0.15) is 49.4 Å². The Kier molecular flexibility index (Phi) is 6.11. The van der Waals surface area contributed by atoms with E-state index in [1.165, 1.54) is 30.5 Å². The Labute approximate surface area is 158 Å². The summed E-state index contributed by atoms with van der Waals surface area (Å²) in [6.07, 6.45) is 6.85. The highest BCUT2D eigenvalue weighted by Gasteiger charge is 2.22. The van der Waals surface area contributed by atoms with Gasteiger partial charge in [-0.15, -0.1) is 0 Å². The van der Waals surface area contributed by atoms with Crippen molar-refractivity contribution in [1.82, 2.24) is 5.32 Å². The van der Waals surface area contributed by atoms with Crippen LogP contribution in [0.5, 0.6) is 5.75 Å². The lowest BCUT2D eigenvalue weighted by Crippen LogP contribution is -2.36. The summed E-state index contributed by atoms with van der Waals surface area (Å²) in [7, 11) is 0. The number of hydrogen-bond acceptors (Lipinski definition) is 5. The van der Waals surface area contributed by atoms with Crippen molar-refractivity contribution in [2.45, 2.75) is 45.1 Å². The third kappa shape index (κ3) is 5.09. The minimum absolute atomic E-state index is 0.0965. The first kappa shape index (κ1) is 18.9. The van der Waals surface area contributed by atoms with E-state index in [1.54, 1.807) is 13.0 Å². The topological polar surface area (TPSA) is 93.7 Å². The second-order valence-corrected chi connectivity index (χ2v) is 6.74. The fraction of sp³-hybridized carbons (Fsp3) is 0.450. The molecule has 0 saturated heterocycles. The molecule has 1 unspecified atom stereocenters. The molecule has 0 fully saturated rings. The molecule has 3 rings (SSSR count). The molecule has 0 saturated carbocycles. The molecule has 0 aromatic heterocycles. The molecular formula is C20H24N2O5. The van der Waals surface area contributed by atoms with Gasteiger partial charge in [-0.3, -0.25) is 9.59 Å². The van der Waals surface area contributed by atoms with Gasteiger partial charge >= 0.3 is 5.97 Å². The molecular weight excluding hydrogens is 348 g/mol. The number of allylic oxidation sites excluding steroid dienone is 1. The SMILES string of the molecule is CC(OC(=O)c1ccc2c(c1)OCC(=O)N2)C(=O)NCCC1=CCCCC1. The minimum Gasteiger partial charge on any atom is -0.482 e. The number of nitrogens with one attached hydrogen (secondary N) is 2. The van der Waals surface area contributed by atoms with Gasteiger partial charge in [0.05, 0.1) is 11.3 Å². The second-order valence-electron chi connectivity index (χ2n) is 6.74. The van der Waals surface area contributed by atoms with Crippen molar-refractivity contribution in [3.63, 3.8) is 0 Å². The Morgan fingerprint density at radius 1 is 1.33 bits per heavy atom. The molecule has 2 aliphatic rings. The highest BCUT2D eigenvalue weighted by atomic mass is 16.5. The number of carbonyl (C=O) groups excluding carboxylic acids is 3. The molecule has 144 valence electrons. The minimum atomic E-state index is -0.894. The van der Waals surface area contributed by atoms with Crippen LogP contribution in [0.3, 0.4) is 0 Å².